The maximum atomic E-state index is 15.4. The molecule has 9 heteroatoms. The third-order valence-corrected chi connectivity index (χ3v) is 7.64. The number of hydrogen-bond donors (Lipinski definition) is 2. The molecule has 1 amide bonds. The molecule has 0 bridgehead atoms. The summed E-state index contributed by atoms with van der Waals surface area (Å²) >= 11 is 0. The number of carbonyl (C=O) groups is 1. The highest BCUT2D eigenvalue weighted by molar-refractivity contribution is 7.88. The lowest BCUT2D eigenvalue weighted by molar-refractivity contribution is -0.119. The molecule has 2 heterocycles. The van der Waals surface area contributed by atoms with Gasteiger partial charge in [0, 0.05) is 0 Å². The summed E-state index contributed by atoms with van der Waals surface area (Å²) in [5.41, 5.74) is 1.21. The molecule has 2 aliphatic heterocycles. The minimum atomic E-state index is -4.07. The lowest BCUT2D eigenvalue weighted by Gasteiger charge is -2.48. The summed E-state index contributed by atoms with van der Waals surface area (Å²) in [6, 6.07) is -1.20. The van der Waals surface area contributed by atoms with Crippen LogP contribution in [0.4, 0.5) is 4.39 Å². The number of alkyl halides is 1. The third-order valence-electron chi connectivity index (χ3n) is 6.16. The predicted molar refractivity (Wildman–Crippen MR) is 86.3 cm³/mol. The minimum absolute atomic E-state index is 0.0504. The van der Waals surface area contributed by atoms with E-state index in [-0.39, 0.29) is 17.8 Å². The zero-order valence-corrected chi connectivity index (χ0v) is 14.6. The van der Waals surface area contributed by atoms with Crippen LogP contribution in [-0.2, 0) is 19.7 Å². The Morgan fingerprint density at radius 2 is 2.12 bits per heavy atom. The molecule has 0 aromatic carbocycles. The average Bonchev–Trinajstić information content (AvgIpc) is 3.15. The Balaban J connectivity index is 1.56. The predicted octanol–water partition coefficient (Wildman–Crippen LogP) is 0.123. The summed E-state index contributed by atoms with van der Waals surface area (Å²) in [5.74, 6) is -0.682. The average molecular weight is 374 g/mol. The molecule has 6 atom stereocenters. The summed E-state index contributed by atoms with van der Waals surface area (Å²) in [4.78, 5) is 11.5. The van der Waals surface area contributed by atoms with Crippen molar-refractivity contribution in [2.24, 2.45) is 17.8 Å². The molecule has 4 aliphatic rings. The zero-order chi connectivity index (χ0) is 17.8. The van der Waals surface area contributed by atoms with Gasteiger partial charge in [0.25, 0.3) is 0 Å². The van der Waals surface area contributed by atoms with Crippen LogP contribution in [0, 0.1) is 17.8 Å². The second-order valence-corrected chi connectivity index (χ2v) is 9.16. The number of hydrogen-bond acceptors (Lipinski definition) is 5. The van der Waals surface area contributed by atoms with Gasteiger partial charge >= 0.3 is 10.2 Å². The van der Waals surface area contributed by atoms with Crippen molar-refractivity contribution in [2.75, 3.05) is 19.8 Å². The van der Waals surface area contributed by atoms with E-state index < -0.39 is 41.0 Å². The van der Waals surface area contributed by atoms with Crippen molar-refractivity contribution in [2.45, 2.75) is 44.0 Å². The first kappa shape index (κ1) is 17.4. The van der Waals surface area contributed by atoms with E-state index in [0.29, 0.717) is 26.1 Å². The summed E-state index contributed by atoms with van der Waals surface area (Å²) < 4.78 is 47.6. The van der Waals surface area contributed by atoms with Crippen molar-refractivity contribution in [1.29, 1.82) is 0 Å². The summed E-state index contributed by atoms with van der Waals surface area (Å²) in [5, 5.41) is 10.4. The van der Waals surface area contributed by atoms with E-state index in [1.807, 2.05) is 4.72 Å². The quantitative estimate of drug-likeness (QED) is 0.670. The fourth-order valence-electron chi connectivity index (χ4n) is 4.97. The monoisotopic (exact) mass is 374 g/mol. The topological polar surface area (TPSA) is 95.9 Å². The summed E-state index contributed by atoms with van der Waals surface area (Å²) in [7, 11) is -4.07. The second-order valence-electron chi connectivity index (χ2n) is 7.54. The maximum Gasteiger partial charge on any atom is 0.304 e. The highest BCUT2D eigenvalue weighted by Gasteiger charge is 2.53. The molecule has 2 saturated carbocycles. The molecule has 25 heavy (non-hydrogen) atoms. The Labute approximate surface area is 146 Å². The first-order valence-electron chi connectivity index (χ1n) is 8.78. The molecule has 0 spiro atoms. The number of fused-ring (bicyclic) bond motifs is 1. The summed E-state index contributed by atoms with van der Waals surface area (Å²) in [6.45, 7) is 0.758. The van der Waals surface area contributed by atoms with Crippen LogP contribution in [0.2, 0.25) is 0 Å². The van der Waals surface area contributed by atoms with Gasteiger partial charge in [-0.1, -0.05) is 6.08 Å². The van der Waals surface area contributed by atoms with Crippen LogP contribution in [-0.4, -0.2) is 61.8 Å². The van der Waals surface area contributed by atoms with Crippen LogP contribution < -0.4 is 4.72 Å². The van der Waals surface area contributed by atoms with Gasteiger partial charge in [-0.25, -0.2) is 9.11 Å². The molecule has 7 nitrogen and oxygen atoms in total. The van der Waals surface area contributed by atoms with Gasteiger partial charge in [-0.2, -0.15) is 12.7 Å². The van der Waals surface area contributed by atoms with Crippen molar-refractivity contribution < 1.29 is 27.4 Å². The van der Waals surface area contributed by atoms with Crippen LogP contribution in [0.1, 0.15) is 25.7 Å². The highest BCUT2D eigenvalue weighted by Crippen LogP contribution is 2.47. The fraction of sp³-hybridized carbons (Fsp3) is 0.812. The van der Waals surface area contributed by atoms with E-state index in [1.165, 1.54) is 5.57 Å². The first-order chi connectivity index (χ1) is 11.9. The molecule has 6 unspecified atom stereocenters. The molecule has 0 aromatic rings. The Bertz CT molecular complexity index is 697. The Morgan fingerprint density at radius 1 is 1.32 bits per heavy atom. The molecular formula is C16H23FN2O5S. The van der Waals surface area contributed by atoms with E-state index in [4.69, 9.17) is 4.74 Å². The zero-order valence-electron chi connectivity index (χ0n) is 13.8. The third kappa shape index (κ3) is 3.01. The number of halogens is 1. The smallest absolute Gasteiger partial charge is 0.304 e. The molecular weight excluding hydrogens is 351 g/mol. The van der Waals surface area contributed by atoms with E-state index >= 15 is 4.39 Å². The number of rotatable bonds is 2. The number of nitrogens with zero attached hydrogens (tertiary/aromatic N) is 1. The number of nitrogens with one attached hydrogen (secondary N) is 1. The van der Waals surface area contributed by atoms with E-state index in [9.17, 15) is 18.3 Å². The van der Waals surface area contributed by atoms with Gasteiger partial charge in [0.05, 0.1) is 31.9 Å². The molecule has 0 radical (unpaired) electrons. The van der Waals surface area contributed by atoms with Crippen molar-refractivity contribution in [3.05, 3.63) is 11.6 Å². The van der Waals surface area contributed by atoms with Crippen LogP contribution in [0.15, 0.2) is 11.6 Å². The van der Waals surface area contributed by atoms with E-state index in [0.717, 1.165) is 17.1 Å². The van der Waals surface area contributed by atoms with Crippen molar-refractivity contribution >= 4 is 16.1 Å². The van der Waals surface area contributed by atoms with Crippen molar-refractivity contribution in [3.63, 3.8) is 0 Å². The number of aliphatic hydroxyl groups excluding tert-OH is 1. The molecule has 2 N–H and O–H groups in total. The van der Waals surface area contributed by atoms with Gasteiger partial charge in [-0.3, -0.25) is 4.79 Å². The molecule has 140 valence electrons. The molecule has 1 saturated heterocycles. The van der Waals surface area contributed by atoms with Gasteiger partial charge in [0.2, 0.25) is 5.91 Å². The molecule has 4 rings (SSSR count). The Hall–Kier alpha value is -1.03. The molecule has 3 fully saturated rings. The summed E-state index contributed by atoms with van der Waals surface area (Å²) in [6.07, 6.45) is 2.26. The Morgan fingerprint density at radius 3 is 2.76 bits per heavy atom. The van der Waals surface area contributed by atoms with Gasteiger partial charge in [-0.15, -0.1) is 0 Å². The first-order valence-corrected chi connectivity index (χ1v) is 10.2. The number of amides is 1. The standard InChI is InChI=1S/C16H23FN2O5S/c17-15-12-5-9(11-3-4-24-8-11)1-2-10(12)6-13(20)16(15)19-7-14(21)18-25(19,22)23/h3,9-10,12-13,15-16,20H,1-2,4-8H2,(H,18,21). The van der Waals surface area contributed by atoms with Gasteiger partial charge in [0.15, 0.2) is 0 Å². The Kier molecular flexibility index (Phi) is 4.38. The van der Waals surface area contributed by atoms with Crippen molar-refractivity contribution in [3.8, 4) is 0 Å². The normalized spacial score (nSPS) is 44.2. The van der Waals surface area contributed by atoms with Crippen LogP contribution in [0.3, 0.4) is 0 Å². The van der Waals surface area contributed by atoms with Crippen LogP contribution >= 0.6 is 0 Å². The molecule has 0 aromatic heterocycles. The lowest BCUT2D eigenvalue weighted by atomic mass is 9.63. The van der Waals surface area contributed by atoms with Crippen LogP contribution in [0.5, 0.6) is 0 Å². The van der Waals surface area contributed by atoms with Gasteiger partial charge in [0.1, 0.15) is 6.17 Å². The van der Waals surface area contributed by atoms with E-state index in [1.54, 1.807) is 0 Å². The minimum Gasteiger partial charge on any atom is -0.391 e. The van der Waals surface area contributed by atoms with Gasteiger partial charge < -0.3 is 9.84 Å². The van der Waals surface area contributed by atoms with E-state index in [2.05, 4.69) is 6.08 Å². The van der Waals surface area contributed by atoms with Crippen molar-refractivity contribution in [1.82, 2.24) is 9.03 Å². The highest BCUT2D eigenvalue weighted by atomic mass is 32.2. The van der Waals surface area contributed by atoms with Crippen LogP contribution in [0.25, 0.3) is 0 Å². The van der Waals surface area contributed by atoms with Gasteiger partial charge in [-0.05, 0) is 49.0 Å². The SMILES string of the molecule is O=C1CN(C2C(O)CC3CCC(C4=CCOC4)CC3C2F)S(=O)(=O)N1. The lowest BCUT2D eigenvalue weighted by Crippen LogP contribution is -2.58. The maximum absolute atomic E-state index is 15.4. The fourth-order valence-corrected chi connectivity index (χ4v) is 6.30. The second kappa shape index (κ2) is 6.29. The largest absolute Gasteiger partial charge is 0.391 e. The molecule has 2 aliphatic carbocycles. The number of aliphatic hydroxyl groups is 1. The number of ether oxygens (including phenoxy) is 1. The number of carbonyl (C=O) groups excluding carboxylic acids is 1.